The van der Waals surface area contributed by atoms with Crippen LogP contribution in [0.25, 0.3) is 11.3 Å². The monoisotopic (exact) mass is 398 g/mol. The van der Waals surface area contributed by atoms with Crippen molar-refractivity contribution in [3.8, 4) is 0 Å². The van der Waals surface area contributed by atoms with Gasteiger partial charge in [-0.05, 0) is 35.4 Å². The zero-order valence-electron chi connectivity index (χ0n) is 14.0. The topological polar surface area (TPSA) is 58.5 Å². The second-order valence-corrected chi connectivity index (χ2v) is 7.96. The van der Waals surface area contributed by atoms with Crippen LogP contribution in [-0.4, -0.2) is 33.2 Å². The van der Waals surface area contributed by atoms with E-state index in [0.29, 0.717) is 16.7 Å². The molecule has 142 valence electrons. The maximum Gasteiger partial charge on any atom is 0.449 e. The summed E-state index contributed by atoms with van der Waals surface area (Å²) in [5.74, 6) is -1.61. The first-order chi connectivity index (χ1) is 12.6. The van der Waals surface area contributed by atoms with Crippen molar-refractivity contribution < 1.29 is 26.0 Å². The molecule has 0 unspecified atom stereocenters. The SMILES string of the molecule is CS(=O)(=O)c1ccc(C2=C(c3ccc(F)cc3)CN=C(C(F)(F)F)N2)cc1. The molecule has 27 heavy (non-hydrogen) atoms. The lowest BCUT2D eigenvalue weighted by Gasteiger charge is -2.24. The van der Waals surface area contributed by atoms with Crippen molar-refractivity contribution in [2.45, 2.75) is 11.1 Å². The standard InChI is InChI=1S/C18H14F4N2O2S/c1-27(25,26)14-8-4-12(5-9-14)16-15(11-2-6-13(19)7-3-11)10-23-17(24-16)18(20,21)22/h2-9H,10H2,1H3,(H,23,24). The predicted octanol–water partition coefficient (Wildman–Crippen LogP) is 3.66. The van der Waals surface area contributed by atoms with Crippen LogP contribution in [0.2, 0.25) is 0 Å². The Morgan fingerprint density at radius 2 is 1.52 bits per heavy atom. The Morgan fingerprint density at radius 3 is 2.04 bits per heavy atom. The number of rotatable bonds is 3. The van der Waals surface area contributed by atoms with Gasteiger partial charge in [-0.2, -0.15) is 13.2 Å². The molecule has 0 aromatic heterocycles. The summed E-state index contributed by atoms with van der Waals surface area (Å²) in [6, 6.07) is 10.8. The van der Waals surface area contributed by atoms with Gasteiger partial charge in [0.25, 0.3) is 0 Å². The average Bonchev–Trinajstić information content (AvgIpc) is 2.60. The molecule has 1 N–H and O–H groups in total. The zero-order valence-corrected chi connectivity index (χ0v) is 14.8. The fourth-order valence-electron chi connectivity index (χ4n) is 2.63. The van der Waals surface area contributed by atoms with Crippen LogP contribution < -0.4 is 5.32 Å². The quantitative estimate of drug-likeness (QED) is 0.803. The van der Waals surface area contributed by atoms with E-state index in [4.69, 9.17) is 0 Å². The maximum absolute atomic E-state index is 13.2. The minimum absolute atomic E-state index is 0.0516. The summed E-state index contributed by atoms with van der Waals surface area (Å²) >= 11 is 0. The van der Waals surface area contributed by atoms with E-state index >= 15 is 0 Å². The van der Waals surface area contributed by atoms with E-state index in [1.165, 1.54) is 48.5 Å². The third-order valence-electron chi connectivity index (χ3n) is 3.97. The number of alkyl halides is 3. The van der Waals surface area contributed by atoms with Crippen molar-refractivity contribution in [2.75, 3.05) is 12.8 Å². The molecule has 0 radical (unpaired) electrons. The van der Waals surface area contributed by atoms with Gasteiger partial charge in [-0.1, -0.05) is 24.3 Å². The Morgan fingerprint density at radius 1 is 0.963 bits per heavy atom. The third-order valence-corrected chi connectivity index (χ3v) is 5.10. The third kappa shape index (κ3) is 4.19. The van der Waals surface area contributed by atoms with E-state index < -0.39 is 27.7 Å². The van der Waals surface area contributed by atoms with Gasteiger partial charge in [-0.25, -0.2) is 12.8 Å². The molecule has 2 aromatic carbocycles. The fraction of sp³-hybridized carbons (Fsp3) is 0.167. The van der Waals surface area contributed by atoms with E-state index in [9.17, 15) is 26.0 Å². The summed E-state index contributed by atoms with van der Waals surface area (Å²) in [7, 11) is -3.44. The van der Waals surface area contributed by atoms with Gasteiger partial charge >= 0.3 is 6.18 Å². The predicted molar refractivity (Wildman–Crippen MR) is 94.3 cm³/mol. The minimum Gasteiger partial charge on any atom is -0.336 e. The normalized spacial score (nSPS) is 15.4. The van der Waals surface area contributed by atoms with Crippen LogP contribution in [-0.2, 0) is 9.84 Å². The summed E-state index contributed by atoms with van der Waals surface area (Å²) in [5, 5.41) is 2.29. The Bertz CT molecular complexity index is 1020. The molecule has 1 aliphatic rings. The van der Waals surface area contributed by atoms with Crippen molar-refractivity contribution in [1.29, 1.82) is 0 Å². The first-order valence-electron chi connectivity index (χ1n) is 7.74. The van der Waals surface area contributed by atoms with Gasteiger partial charge < -0.3 is 5.32 Å². The fourth-order valence-corrected chi connectivity index (χ4v) is 3.26. The second kappa shape index (κ2) is 6.80. The van der Waals surface area contributed by atoms with Crippen molar-refractivity contribution in [3.63, 3.8) is 0 Å². The number of halogens is 4. The van der Waals surface area contributed by atoms with Crippen molar-refractivity contribution in [3.05, 3.63) is 65.5 Å². The van der Waals surface area contributed by atoms with Crippen LogP contribution in [0, 0.1) is 5.82 Å². The molecule has 4 nitrogen and oxygen atoms in total. The van der Waals surface area contributed by atoms with Gasteiger partial charge in [0.15, 0.2) is 9.84 Å². The van der Waals surface area contributed by atoms with E-state index in [-0.39, 0.29) is 17.1 Å². The highest BCUT2D eigenvalue weighted by atomic mass is 32.2. The number of hydrogen-bond donors (Lipinski definition) is 1. The minimum atomic E-state index is -4.66. The number of nitrogens with zero attached hydrogens (tertiary/aromatic N) is 1. The summed E-state index contributed by atoms with van der Waals surface area (Å²) in [6.45, 7) is -0.253. The van der Waals surface area contributed by atoms with Crippen LogP contribution in [0.4, 0.5) is 17.6 Å². The molecule has 0 spiro atoms. The molecule has 0 bridgehead atoms. The van der Waals surface area contributed by atoms with Crippen LogP contribution in [0.15, 0.2) is 58.4 Å². The molecule has 9 heteroatoms. The largest absolute Gasteiger partial charge is 0.449 e. The molecular formula is C18H14F4N2O2S. The Kier molecular flexibility index (Phi) is 4.81. The molecule has 0 saturated carbocycles. The summed E-state index contributed by atoms with van der Waals surface area (Å²) in [4.78, 5) is 3.60. The molecule has 1 aliphatic heterocycles. The van der Waals surface area contributed by atoms with Gasteiger partial charge in [0.1, 0.15) is 5.82 Å². The number of sulfone groups is 1. The highest BCUT2D eigenvalue weighted by Crippen LogP contribution is 2.31. The Hall–Kier alpha value is -2.68. The lowest BCUT2D eigenvalue weighted by atomic mass is 9.98. The first kappa shape index (κ1) is 19.1. The smallest absolute Gasteiger partial charge is 0.336 e. The van der Waals surface area contributed by atoms with Crippen molar-refractivity contribution >= 4 is 26.9 Å². The zero-order chi connectivity index (χ0) is 19.8. The lowest BCUT2D eigenvalue weighted by Crippen LogP contribution is -2.39. The van der Waals surface area contributed by atoms with Gasteiger partial charge in [0, 0.05) is 11.8 Å². The number of nitrogens with one attached hydrogen (secondary N) is 1. The van der Waals surface area contributed by atoms with E-state index in [1.54, 1.807) is 0 Å². The van der Waals surface area contributed by atoms with Crippen LogP contribution in [0.1, 0.15) is 11.1 Å². The van der Waals surface area contributed by atoms with Crippen LogP contribution >= 0.6 is 0 Å². The van der Waals surface area contributed by atoms with E-state index in [0.717, 1.165) is 6.26 Å². The second-order valence-electron chi connectivity index (χ2n) is 5.94. The van der Waals surface area contributed by atoms with Crippen molar-refractivity contribution in [2.24, 2.45) is 4.99 Å². The number of benzene rings is 2. The molecule has 1 heterocycles. The molecule has 0 saturated heterocycles. The van der Waals surface area contributed by atoms with E-state index in [1.807, 2.05) is 0 Å². The van der Waals surface area contributed by atoms with Gasteiger partial charge in [0.05, 0.1) is 17.1 Å². The van der Waals surface area contributed by atoms with Crippen LogP contribution in [0.5, 0.6) is 0 Å². The molecule has 3 rings (SSSR count). The van der Waals surface area contributed by atoms with Gasteiger partial charge in [-0.3, -0.25) is 4.99 Å². The van der Waals surface area contributed by atoms with Crippen LogP contribution in [0.3, 0.4) is 0 Å². The number of hydrogen-bond acceptors (Lipinski definition) is 4. The highest BCUT2D eigenvalue weighted by molar-refractivity contribution is 7.90. The Balaban J connectivity index is 2.10. The number of aliphatic imine (C=N–C) groups is 1. The summed E-state index contributed by atoms with van der Waals surface area (Å²) < 4.78 is 75.6. The molecule has 2 aromatic rings. The molecular weight excluding hydrogens is 384 g/mol. The summed E-state index contributed by atoms with van der Waals surface area (Å²) in [5.41, 5.74) is 1.45. The summed E-state index contributed by atoms with van der Waals surface area (Å²) in [6.07, 6.45) is -3.62. The lowest BCUT2D eigenvalue weighted by molar-refractivity contribution is -0.0612. The maximum atomic E-state index is 13.2. The molecule has 0 aliphatic carbocycles. The average molecular weight is 398 g/mol. The van der Waals surface area contributed by atoms with Gasteiger partial charge in [-0.15, -0.1) is 0 Å². The molecule has 0 atom stereocenters. The Labute approximate surface area is 153 Å². The van der Waals surface area contributed by atoms with E-state index in [2.05, 4.69) is 10.3 Å². The van der Waals surface area contributed by atoms with Gasteiger partial charge in [0.2, 0.25) is 5.84 Å². The first-order valence-corrected chi connectivity index (χ1v) is 9.63. The highest BCUT2D eigenvalue weighted by Gasteiger charge is 2.38. The number of amidine groups is 1. The molecule has 0 amide bonds. The van der Waals surface area contributed by atoms with Crippen molar-refractivity contribution in [1.82, 2.24) is 5.32 Å². The molecule has 0 fully saturated rings.